The smallest absolute Gasteiger partial charge is 0.242 e. The van der Waals surface area contributed by atoms with Gasteiger partial charge in [0.15, 0.2) is 0 Å². The summed E-state index contributed by atoms with van der Waals surface area (Å²) in [5, 5.41) is 0. The van der Waals surface area contributed by atoms with E-state index in [0.717, 1.165) is 5.76 Å². The number of nitrogens with two attached hydrogens (primary N) is 1. The predicted molar refractivity (Wildman–Crippen MR) is 68.5 cm³/mol. The number of nitrogens with one attached hydrogen (secondary N) is 1. The SMILES string of the molecule is Nc1ccccc1S(=O)(=O)NCCc1ccco1. The summed E-state index contributed by atoms with van der Waals surface area (Å²) in [7, 11) is -3.56. The second-order valence-electron chi connectivity index (χ2n) is 3.76. The highest BCUT2D eigenvalue weighted by molar-refractivity contribution is 7.89. The summed E-state index contributed by atoms with van der Waals surface area (Å²) in [6.45, 7) is 0.268. The molecule has 0 amide bonds. The number of anilines is 1. The van der Waals surface area contributed by atoms with Gasteiger partial charge in [0.25, 0.3) is 0 Å². The van der Waals surface area contributed by atoms with E-state index in [2.05, 4.69) is 4.72 Å². The molecular weight excluding hydrogens is 252 g/mol. The number of hydrogen-bond donors (Lipinski definition) is 2. The summed E-state index contributed by atoms with van der Waals surface area (Å²) in [5.41, 5.74) is 5.87. The van der Waals surface area contributed by atoms with E-state index in [4.69, 9.17) is 10.2 Å². The second-order valence-corrected chi connectivity index (χ2v) is 5.50. The minimum Gasteiger partial charge on any atom is -0.469 e. The fraction of sp³-hybridized carbons (Fsp3) is 0.167. The first-order valence-corrected chi connectivity index (χ1v) is 6.94. The first-order valence-electron chi connectivity index (χ1n) is 5.46. The lowest BCUT2D eigenvalue weighted by Crippen LogP contribution is -2.26. The zero-order valence-electron chi connectivity index (χ0n) is 9.67. The van der Waals surface area contributed by atoms with E-state index in [1.165, 1.54) is 6.07 Å². The summed E-state index contributed by atoms with van der Waals surface area (Å²) in [5.74, 6) is 0.735. The highest BCUT2D eigenvalue weighted by atomic mass is 32.2. The van der Waals surface area contributed by atoms with Crippen LogP contribution >= 0.6 is 0 Å². The van der Waals surface area contributed by atoms with Crippen molar-refractivity contribution in [2.45, 2.75) is 11.3 Å². The molecule has 0 unspecified atom stereocenters. The number of sulfonamides is 1. The molecule has 1 aromatic carbocycles. The van der Waals surface area contributed by atoms with Crippen LogP contribution in [-0.2, 0) is 16.4 Å². The lowest BCUT2D eigenvalue weighted by Gasteiger charge is -2.07. The topological polar surface area (TPSA) is 85.3 Å². The Morgan fingerprint density at radius 3 is 2.61 bits per heavy atom. The molecule has 6 heteroatoms. The Balaban J connectivity index is 2.02. The van der Waals surface area contributed by atoms with Crippen molar-refractivity contribution in [1.29, 1.82) is 0 Å². The summed E-state index contributed by atoms with van der Waals surface area (Å²) in [6, 6.07) is 9.92. The van der Waals surface area contributed by atoms with Crippen molar-refractivity contribution in [2.24, 2.45) is 0 Å². The van der Waals surface area contributed by atoms with Gasteiger partial charge >= 0.3 is 0 Å². The zero-order chi connectivity index (χ0) is 13.0. The summed E-state index contributed by atoms with van der Waals surface area (Å²) >= 11 is 0. The molecule has 0 bridgehead atoms. The van der Waals surface area contributed by atoms with E-state index < -0.39 is 10.0 Å². The van der Waals surface area contributed by atoms with Crippen molar-refractivity contribution in [3.8, 4) is 0 Å². The molecule has 0 aliphatic carbocycles. The third kappa shape index (κ3) is 2.91. The van der Waals surface area contributed by atoms with Crippen LogP contribution in [0.3, 0.4) is 0 Å². The van der Waals surface area contributed by atoms with Crippen LogP contribution in [-0.4, -0.2) is 15.0 Å². The van der Waals surface area contributed by atoms with Gasteiger partial charge in [-0.1, -0.05) is 12.1 Å². The van der Waals surface area contributed by atoms with Crippen LogP contribution in [0.5, 0.6) is 0 Å². The third-order valence-corrected chi connectivity index (χ3v) is 3.99. The van der Waals surface area contributed by atoms with Crippen LogP contribution in [0, 0.1) is 0 Å². The molecule has 2 aromatic rings. The van der Waals surface area contributed by atoms with Crippen molar-refractivity contribution in [3.63, 3.8) is 0 Å². The van der Waals surface area contributed by atoms with Gasteiger partial charge in [0.2, 0.25) is 10.0 Å². The molecule has 3 N–H and O–H groups in total. The van der Waals surface area contributed by atoms with E-state index in [-0.39, 0.29) is 17.1 Å². The van der Waals surface area contributed by atoms with Crippen molar-refractivity contribution in [3.05, 3.63) is 48.4 Å². The number of hydrogen-bond acceptors (Lipinski definition) is 4. The molecule has 18 heavy (non-hydrogen) atoms. The fourth-order valence-electron chi connectivity index (χ4n) is 1.57. The van der Waals surface area contributed by atoms with Gasteiger partial charge in [-0.25, -0.2) is 13.1 Å². The molecular formula is C12H14N2O3S. The van der Waals surface area contributed by atoms with E-state index >= 15 is 0 Å². The average molecular weight is 266 g/mol. The lowest BCUT2D eigenvalue weighted by molar-refractivity contribution is 0.506. The van der Waals surface area contributed by atoms with Gasteiger partial charge < -0.3 is 10.2 Å². The standard InChI is InChI=1S/C12H14N2O3S/c13-11-5-1-2-6-12(11)18(15,16)14-8-7-10-4-3-9-17-10/h1-6,9,14H,7-8,13H2. The van der Waals surface area contributed by atoms with E-state index in [9.17, 15) is 8.42 Å². The Morgan fingerprint density at radius 2 is 1.94 bits per heavy atom. The van der Waals surface area contributed by atoms with Crippen LogP contribution < -0.4 is 10.5 Å². The van der Waals surface area contributed by atoms with Crippen molar-refractivity contribution >= 4 is 15.7 Å². The lowest BCUT2D eigenvalue weighted by atomic mass is 10.3. The molecule has 1 heterocycles. The van der Waals surface area contributed by atoms with Gasteiger partial charge in [-0.3, -0.25) is 0 Å². The average Bonchev–Trinajstić information content (AvgIpc) is 2.82. The minimum absolute atomic E-state index is 0.101. The number of rotatable bonds is 5. The Labute approximate surface area is 106 Å². The summed E-state index contributed by atoms with van der Waals surface area (Å²) in [4.78, 5) is 0.101. The molecule has 96 valence electrons. The van der Waals surface area contributed by atoms with Gasteiger partial charge in [-0.2, -0.15) is 0 Å². The van der Waals surface area contributed by atoms with Crippen LogP contribution in [0.15, 0.2) is 52.0 Å². The maximum atomic E-state index is 12.0. The highest BCUT2D eigenvalue weighted by Crippen LogP contribution is 2.16. The largest absolute Gasteiger partial charge is 0.469 e. The van der Waals surface area contributed by atoms with E-state index in [1.807, 2.05) is 0 Å². The van der Waals surface area contributed by atoms with Crippen LogP contribution in [0.2, 0.25) is 0 Å². The van der Waals surface area contributed by atoms with Gasteiger partial charge in [0.05, 0.1) is 12.0 Å². The highest BCUT2D eigenvalue weighted by Gasteiger charge is 2.16. The Hall–Kier alpha value is -1.79. The molecule has 0 atom stereocenters. The Bertz CT molecular complexity index is 606. The maximum absolute atomic E-state index is 12.0. The molecule has 2 rings (SSSR count). The summed E-state index contributed by atoms with van der Waals surface area (Å²) < 4.78 is 31.5. The quantitative estimate of drug-likeness (QED) is 0.801. The first-order chi connectivity index (χ1) is 8.59. The third-order valence-electron chi connectivity index (χ3n) is 2.45. The van der Waals surface area contributed by atoms with Crippen molar-refractivity contribution in [2.75, 3.05) is 12.3 Å². The van der Waals surface area contributed by atoms with Crippen LogP contribution in [0.25, 0.3) is 0 Å². The Morgan fingerprint density at radius 1 is 1.17 bits per heavy atom. The van der Waals surface area contributed by atoms with Gasteiger partial charge in [0.1, 0.15) is 10.7 Å². The van der Waals surface area contributed by atoms with Crippen molar-refractivity contribution < 1.29 is 12.8 Å². The molecule has 0 aliphatic rings. The molecule has 0 fully saturated rings. The number of para-hydroxylation sites is 1. The van der Waals surface area contributed by atoms with E-state index in [1.54, 1.807) is 36.6 Å². The molecule has 1 aromatic heterocycles. The summed E-state index contributed by atoms with van der Waals surface area (Å²) in [6.07, 6.45) is 2.05. The van der Waals surface area contributed by atoms with Gasteiger partial charge in [-0.15, -0.1) is 0 Å². The fourth-order valence-corrected chi connectivity index (χ4v) is 2.73. The maximum Gasteiger partial charge on any atom is 0.242 e. The van der Waals surface area contributed by atoms with Crippen LogP contribution in [0.4, 0.5) is 5.69 Å². The molecule has 0 spiro atoms. The minimum atomic E-state index is -3.56. The molecule has 5 nitrogen and oxygen atoms in total. The zero-order valence-corrected chi connectivity index (χ0v) is 10.5. The number of nitrogen functional groups attached to an aromatic ring is 1. The normalized spacial score (nSPS) is 11.6. The Kier molecular flexibility index (Phi) is 3.69. The number of furan rings is 1. The first kappa shape index (κ1) is 12.7. The van der Waals surface area contributed by atoms with Crippen LogP contribution in [0.1, 0.15) is 5.76 Å². The molecule has 0 saturated carbocycles. The number of benzene rings is 1. The van der Waals surface area contributed by atoms with E-state index in [0.29, 0.717) is 6.42 Å². The van der Waals surface area contributed by atoms with Crippen molar-refractivity contribution in [1.82, 2.24) is 4.72 Å². The second kappa shape index (κ2) is 5.24. The van der Waals surface area contributed by atoms with Gasteiger partial charge in [-0.05, 0) is 24.3 Å². The molecule has 0 radical (unpaired) electrons. The monoisotopic (exact) mass is 266 g/mol. The molecule has 0 saturated heterocycles. The van der Waals surface area contributed by atoms with Gasteiger partial charge in [0, 0.05) is 13.0 Å². The predicted octanol–water partition coefficient (Wildman–Crippen LogP) is 1.38. The molecule has 0 aliphatic heterocycles.